The minimum atomic E-state index is -0.710. The molecule has 6 heteroatoms. The number of amides is 2. The molecule has 2 amide bonds. The van der Waals surface area contributed by atoms with Crippen molar-refractivity contribution >= 4 is 11.8 Å². The van der Waals surface area contributed by atoms with Crippen LogP contribution in [-0.2, 0) is 19.1 Å². The second-order valence-corrected chi connectivity index (χ2v) is 7.06. The van der Waals surface area contributed by atoms with E-state index < -0.39 is 12.1 Å². The van der Waals surface area contributed by atoms with Crippen molar-refractivity contribution in [3.63, 3.8) is 0 Å². The van der Waals surface area contributed by atoms with Gasteiger partial charge in [-0.15, -0.1) is 0 Å². The molecule has 3 rings (SSSR count). The fourth-order valence-corrected chi connectivity index (χ4v) is 3.18. The first-order chi connectivity index (χ1) is 11.4. The monoisotopic (exact) mass is 332 g/mol. The summed E-state index contributed by atoms with van der Waals surface area (Å²) in [5.41, 5.74) is 1.96. The summed E-state index contributed by atoms with van der Waals surface area (Å²) < 4.78 is 10.8. The number of likely N-dealkylation sites (N-methyl/N-ethyl adjacent to an activating group) is 1. The quantitative estimate of drug-likeness (QED) is 0.895. The summed E-state index contributed by atoms with van der Waals surface area (Å²) in [6.07, 6.45) is -0.710. The van der Waals surface area contributed by atoms with E-state index in [2.05, 4.69) is 12.2 Å². The Morgan fingerprint density at radius 3 is 2.71 bits per heavy atom. The van der Waals surface area contributed by atoms with Crippen LogP contribution in [0.2, 0.25) is 0 Å². The minimum Gasteiger partial charge on any atom is -0.380 e. The number of benzene rings is 1. The van der Waals surface area contributed by atoms with Crippen molar-refractivity contribution in [1.82, 2.24) is 10.2 Å². The van der Waals surface area contributed by atoms with Crippen LogP contribution in [0, 0.1) is 12.3 Å². The van der Waals surface area contributed by atoms with Crippen LogP contribution in [-0.4, -0.2) is 56.2 Å². The predicted molar refractivity (Wildman–Crippen MR) is 88.4 cm³/mol. The minimum absolute atomic E-state index is 0.00971. The molecular formula is C18H24N2O4. The van der Waals surface area contributed by atoms with Gasteiger partial charge in [0.25, 0.3) is 5.91 Å². The van der Waals surface area contributed by atoms with E-state index in [1.165, 1.54) is 0 Å². The van der Waals surface area contributed by atoms with E-state index >= 15 is 0 Å². The molecular weight excluding hydrogens is 308 g/mol. The zero-order valence-electron chi connectivity index (χ0n) is 14.4. The number of morpholine rings is 1. The Labute approximate surface area is 142 Å². The Morgan fingerprint density at radius 1 is 1.38 bits per heavy atom. The number of rotatable bonds is 4. The van der Waals surface area contributed by atoms with Gasteiger partial charge >= 0.3 is 0 Å². The van der Waals surface area contributed by atoms with Crippen molar-refractivity contribution in [2.75, 3.05) is 33.4 Å². The fourth-order valence-electron chi connectivity index (χ4n) is 3.18. The van der Waals surface area contributed by atoms with Gasteiger partial charge in [-0.1, -0.05) is 31.2 Å². The summed E-state index contributed by atoms with van der Waals surface area (Å²) in [4.78, 5) is 26.4. The van der Waals surface area contributed by atoms with E-state index in [9.17, 15) is 9.59 Å². The summed E-state index contributed by atoms with van der Waals surface area (Å²) >= 11 is 0. The molecule has 2 aliphatic rings. The third-order valence-corrected chi connectivity index (χ3v) is 4.84. The Morgan fingerprint density at radius 2 is 2.08 bits per heavy atom. The lowest BCUT2D eigenvalue weighted by atomic mass is 9.88. The highest BCUT2D eigenvalue weighted by Crippen LogP contribution is 2.31. The Balaban J connectivity index is 1.80. The molecule has 0 aliphatic carbocycles. The van der Waals surface area contributed by atoms with Gasteiger partial charge in [0, 0.05) is 19.0 Å². The molecule has 1 aromatic carbocycles. The Kier molecular flexibility index (Phi) is 4.60. The topological polar surface area (TPSA) is 67.9 Å². The number of hydrogen-bond donors (Lipinski definition) is 1. The molecule has 0 radical (unpaired) electrons. The smallest absolute Gasteiger partial charge is 0.251 e. The van der Waals surface area contributed by atoms with Gasteiger partial charge in [-0.2, -0.15) is 0 Å². The molecule has 0 bridgehead atoms. The van der Waals surface area contributed by atoms with E-state index in [1.54, 1.807) is 11.9 Å². The van der Waals surface area contributed by atoms with Gasteiger partial charge in [0.1, 0.15) is 6.61 Å². The van der Waals surface area contributed by atoms with Crippen molar-refractivity contribution in [2.45, 2.75) is 26.0 Å². The van der Waals surface area contributed by atoms with Crippen LogP contribution in [0.15, 0.2) is 24.3 Å². The SMILES string of the molecule is Cc1ccccc1[C@@H]1[C@@H](C(=O)NCC2(C)COC2)OCC(=O)N1C. The van der Waals surface area contributed by atoms with Crippen LogP contribution in [0.3, 0.4) is 0 Å². The van der Waals surface area contributed by atoms with Gasteiger partial charge in [0.15, 0.2) is 6.10 Å². The van der Waals surface area contributed by atoms with Crippen molar-refractivity contribution in [1.29, 1.82) is 0 Å². The van der Waals surface area contributed by atoms with Crippen LogP contribution < -0.4 is 5.32 Å². The molecule has 0 spiro atoms. The first kappa shape index (κ1) is 16.9. The zero-order chi connectivity index (χ0) is 17.3. The maximum Gasteiger partial charge on any atom is 0.251 e. The molecule has 2 aliphatic heterocycles. The Hall–Kier alpha value is -1.92. The van der Waals surface area contributed by atoms with Crippen LogP contribution in [0.4, 0.5) is 0 Å². The number of aryl methyl sites for hydroxylation is 1. The maximum atomic E-state index is 12.7. The van der Waals surface area contributed by atoms with E-state index in [0.717, 1.165) is 11.1 Å². The van der Waals surface area contributed by atoms with Crippen molar-refractivity contribution < 1.29 is 19.1 Å². The molecule has 130 valence electrons. The average Bonchev–Trinajstić information content (AvgIpc) is 2.54. The van der Waals surface area contributed by atoms with Crippen molar-refractivity contribution in [2.24, 2.45) is 5.41 Å². The van der Waals surface area contributed by atoms with Gasteiger partial charge in [-0.05, 0) is 18.1 Å². The first-order valence-electron chi connectivity index (χ1n) is 8.19. The van der Waals surface area contributed by atoms with E-state index in [4.69, 9.17) is 9.47 Å². The lowest BCUT2D eigenvalue weighted by Gasteiger charge is -2.41. The van der Waals surface area contributed by atoms with E-state index in [1.807, 2.05) is 31.2 Å². The molecule has 6 nitrogen and oxygen atoms in total. The first-order valence-corrected chi connectivity index (χ1v) is 8.19. The summed E-state index contributed by atoms with van der Waals surface area (Å²) in [5, 5.41) is 2.97. The molecule has 2 atom stereocenters. The van der Waals surface area contributed by atoms with Gasteiger partial charge in [-0.25, -0.2) is 0 Å². The average molecular weight is 332 g/mol. The summed E-state index contributed by atoms with van der Waals surface area (Å²) in [6, 6.07) is 7.36. The highest BCUT2D eigenvalue weighted by molar-refractivity contribution is 5.86. The molecule has 24 heavy (non-hydrogen) atoms. The summed E-state index contributed by atoms with van der Waals surface area (Å²) in [6.45, 7) is 5.83. The number of ether oxygens (including phenoxy) is 2. The number of hydrogen-bond acceptors (Lipinski definition) is 4. The highest BCUT2D eigenvalue weighted by Gasteiger charge is 2.41. The van der Waals surface area contributed by atoms with Gasteiger partial charge in [0.2, 0.25) is 5.91 Å². The standard InChI is InChI=1S/C18H24N2O4/c1-12-6-4-5-7-13(12)15-16(24-8-14(21)20(15)3)17(22)19-9-18(2)10-23-11-18/h4-7,15-16H,8-11H2,1-3H3,(H,19,22)/t15-,16+/m1/s1. The molecule has 2 saturated heterocycles. The predicted octanol–water partition coefficient (Wildman–Crippen LogP) is 1.05. The third-order valence-electron chi connectivity index (χ3n) is 4.84. The van der Waals surface area contributed by atoms with Gasteiger partial charge < -0.3 is 19.7 Å². The van der Waals surface area contributed by atoms with Crippen molar-refractivity contribution in [3.05, 3.63) is 35.4 Å². The second kappa shape index (κ2) is 6.53. The molecule has 1 N–H and O–H groups in total. The normalized spacial score (nSPS) is 26.0. The van der Waals surface area contributed by atoms with Crippen LogP contribution in [0.5, 0.6) is 0 Å². The molecule has 0 aromatic heterocycles. The fraction of sp³-hybridized carbons (Fsp3) is 0.556. The zero-order valence-corrected chi connectivity index (χ0v) is 14.4. The van der Waals surface area contributed by atoms with Crippen LogP contribution in [0.1, 0.15) is 24.1 Å². The van der Waals surface area contributed by atoms with Crippen molar-refractivity contribution in [3.8, 4) is 0 Å². The lowest BCUT2D eigenvalue weighted by molar-refractivity contribution is -0.163. The molecule has 2 heterocycles. The molecule has 0 saturated carbocycles. The number of carbonyl (C=O) groups is 2. The maximum absolute atomic E-state index is 12.7. The number of nitrogens with one attached hydrogen (secondary N) is 1. The summed E-state index contributed by atoms with van der Waals surface area (Å²) in [5.74, 6) is -0.303. The Bertz CT molecular complexity index is 642. The molecule has 1 aromatic rings. The molecule has 0 unspecified atom stereocenters. The number of carbonyl (C=O) groups excluding carboxylic acids is 2. The molecule has 2 fully saturated rings. The number of nitrogens with zero attached hydrogens (tertiary/aromatic N) is 1. The highest BCUT2D eigenvalue weighted by atomic mass is 16.5. The third kappa shape index (κ3) is 3.16. The largest absolute Gasteiger partial charge is 0.380 e. The summed E-state index contributed by atoms with van der Waals surface area (Å²) in [7, 11) is 1.73. The second-order valence-electron chi connectivity index (χ2n) is 7.06. The van der Waals surface area contributed by atoms with Gasteiger partial charge in [-0.3, -0.25) is 9.59 Å². The van der Waals surface area contributed by atoms with E-state index in [0.29, 0.717) is 19.8 Å². The van der Waals surface area contributed by atoms with E-state index in [-0.39, 0.29) is 23.8 Å². The van der Waals surface area contributed by atoms with Crippen LogP contribution in [0.25, 0.3) is 0 Å². The van der Waals surface area contributed by atoms with Gasteiger partial charge in [0.05, 0.1) is 19.3 Å². The van der Waals surface area contributed by atoms with Crippen LogP contribution >= 0.6 is 0 Å². The lowest BCUT2D eigenvalue weighted by Crippen LogP contribution is -2.56.